The highest BCUT2D eigenvalue weighted by molar-refractivity contribution is 7.89. The third kappa shape index (κ3) is 6.42. The van der Waals surface area contributed by atoms with Crippen LogP contribution in [0, 0.1) is 5.92 Å². The number of halogens is 3. The van der Waals surface area contributed by atoms with Gasteiger partial charge in [0.1, 0.15) is 0 Å². The van der Waals surface area contributed by atoms with Gasteiger partial charge >= 0.3 is 6.18 Å². The van der Waals surface area contributed by atoms with Crippen molar-refractivity contribution in [3.63, 3.8) is 0 Å². The fourth-order valence-corrected chi connectivity index (χ4v) is 4.73. The Labute approximate surface area is 169 Å². The number of hydrogen-bond acceptors (Lipinski definition) is 4. The number of sulfonamides is 1. The second-order valence-corrected chi connectivity index (χ2v) is 9.43. The number of carbonyl (C=O) groups is 1. The molecule has 1 aromatic carbocycles. The van der Waals surface area contributed by atoms with E-state index in [0.29, 0.717) is 44.3 Å². The third-order valence-corrected chi connectivity index (χ3v) is 6.47. The summed E-state index contributed by atoms with van der Waals surface area (Å²) in [5, 5.41) is 3.02. The lowest BCUT2D eigenvalue weighted by atomic mass is 10.0. The van der Waals surface area contributed by atoms with E-state index in [1.807, 2.05) is 13.8 Å². The average molecular weight is 436 g/mol. The van der Waals surface area contributed by atoms with E-state index in [2.05, 4.69) is 10.0 Å². The van der Waals surface area contributed by atoms with Crippen LogP contribution < -0.4 is 10.0 Å². The molecule has 6 nitrogen and oxygen atoms in total. The quantitative estimate of drug-likeness (QED) is 0.690. The Kier molecular flexibility index (Phi) is 7.69. The zero-order valence-corrected chi connectivity index (χ0v) is 17.6. The SMILES string of the molecule is CNC(CC(C)C)C(=O)N1CCC(NS(=O)(=O)c2cccc(C(F)(F)F)c2)CC1. The molecule has 0 bridgehead atoms. The van der Waals surface area contributed by atoms with Gasteiger partial charge in [0, 0.05) is 19.1 Å². The highest BCUT2D eigenvalue weighted by Crippen LogP contribution is 2.30. The van der Waals surface area contributed by atoms with Crippen LogP contribution in [0.2, 0.25) is 0 Å². The van der Waals surface area contributed by atoms with Gasteiger partial charge in [-0.2, -0.15) is 13.2 Å². The lowest BCUT2D eigenvalue weighted by Crippen LogP contribution is -2.51. The first-order valence-corrected chi connectivity index (χ1v) is 11.1. The van der Waals surface area contributed by atoms with E-state index in [0.717, 1.165) is 18.2 Å². The lowest BCUT2D eigenvalue weighted by Gasteiger charge is -2.34. The zero-order chi connectivity index (χ0) is 21.8. The van der Waals surface area contributed by atoms with E-state index in [-0.39, 0.29) is 11.9 Å². The third-order valence-electron chi connectivity index (χ3n) is 4.95. The Morgan fingerprint density at radius 1 is 1.24 bits per heavy atom. The molecule has 1 saturated heterocycles. The summed E-state index contributed by atoms with van der Waals surface area (Å²) in [6, 6.07) is 2.96. The van der Waals surface area contributed by atoms with E-state index in [1.165, 1.54) is 0 Å². The van der Waals surface area contributed by atoms with Crippen LogP contribution in [0.3, 0.4) is 0 Å². The first kappa shape index (κ1) is 23.6. The number of benzene rings is 1. The molecule has 1 atom stereocenters. The fraction of sp³-hybridized carbons (Fsp3) is 0.632. The van der Waals surface area contributed by atoms with Crippen molar-refractivity contribution in [2.45, 2.75) is 56.3 Å². The predicted octanol–water partition coefficient (Wildman–Crippen LogP) is 2.61. The number of hydrogen-bond donors (Lipinski definition) is 2. The van der Waals surface area contributed by atoms with Crippen LogP contribution in [0.4, 0.5) is 13.2 Å². The van der Waals surface area contributed by atoms with E-state index in [1.54, 1.807) is 11.9 Å². The molecule has 1 heterocycles. The summed E-state index contributed by atoms with van der Waals surface area (Å²) in [4.78, 5) is 13.9. The maximum atomic E-state index is 12.8. The normalized spacial score (nSPS) is 17.6. The van der Waals surface area contributed by atoms with Crippen LogP contribution in [0.5, 0.6) is 0 Å². The minimum Gasteiger partial charge on any atom is -0.341 e. The Morgan fingerprint density at radius 2 is 1.86 bits per heavy atom. The maximum absolute atomic E-state index is 12.8. The Balaban J connectivity index is 1.99. The Bertz CT molecular complexity index is 804. The first-order valence-electron chi connectivity index (χ1n) is 9.59. The summed E-state index contributed by atoms with van der Waals surface area (Å²) >= 11 is 0. The molecule has 2 N–H and O–H groups in total. The van der Waals surface area contributed by atoms with Crippen LogP contribution in [0.1, 0.15) is 38.7 Å². The van der Waals surface area contributed by atoms with Crippen LogP contribution >= 0.6 is 0 Å². The molecule has 1 aliphatic rings. The van der Waals surface area contributed by atoms with Crippen molar-refractivity contribution < 1.29 is 26.4 Å². The standard InChI is InChI=1S/C19H28F3N3O3S/c1-13(2)11-17(23-3)18(26)25-9-7-15(8-10-25)24-29(27,28)16-6-4-5-14(12-16)19(20,21)22/h4-6,12-13,15,17,23-24H,7-11H2,1-3H3. The predicted molar refractivity (Wildman–Crippen MR) is 104 cm³/mol. The van der Waals surface area contributed by atoms with E-state index >= 15 is 0 Å². The van der Waals surface area contributed by atoms with Crippen molar-refractivity contribution in [2.24, 2.45) is 5.92 Å². The minimum absolute atomic E-state index is 0.0135. The molecule has 1 aromatic rings. The second kappa shape index (κ2) is 9.44. The van der Waals surface area contributed by atoms with Gasteiger partial charge in [0.25, 0.3) is 0 Å². The van der Waals surface area contributed by atoms with Gasteiger partial charge in [0.2, 0.25) is 15.9 Å². The molecule has 0 saturated carbocycles. The number of carbonyl (C=O) groups excluding carboxylic acids is 1. The second-order valence-electron chi connectivity index (χ2n) is 7.72. The number of likely N-dealkylation sites (tertiary alicyclic amines) is 1. The zero-order valence-electron chi connectivity index (χ0n) is 16.8. The highest BCUT2D eigenvalue weighted by atomic mass is 32.2. The van der Waals surface area contributed by atoms with Crippen molar-refractivity contribution in [3.05, 3.63) is 29.8 Å². The summed E-state index contributed by atoms with van der Waals surface area (Å²) in [7, 11) is -2.35. The molecular formula is C19H28F3N3O3S. The Hall–Kier alpha value is -1.65. The molecule has 29 heavy (non-hydrogen) atoms. The largest absolute Gasteiger partial charge is 0.416 e. The van der Waals surface area contributed by atoms with Crippen molar-refractivity contribution >= 4 is 15.9 Å². The van der Waals surface area contributed by atoms with Crippen LogP contribution in [0.15, 0.2) is 29.2 Å². The van der Waals surface area contributed by atoms with Crippen LogP contribution in [0.25, 0.3) is 0 Å². The molecule has 0 aromatic heterocycles. The summed E-state index contributed by atoms with van der Waals surface area (Å²) in [5.41, 5.74) is -1.01. The van der Waals surface area contributed by atoms with E-state index in [9.17, 15) is 26.4 Å². The number of nitrogens with one attached hydrogen (secondary N) is 2. The minimum atomic E-state index is -4.61. The molecular weight excluding hydrogens is 407 g/mol. The molecule has 1 amide bonds. The van der Waals surface area contributed by atoms with Gasteiger partial charge in [-0.05, 0) is 50.4 Å². The first-order chi connectivity index (χ1) is 13.4. The topological polar surface area (TPSA) is 78.5 Å². The van der Waals surface area contributed by atoms with Crippen molar-refractivity contribution in [3.8, 4) is 0 Å². The summed E-state index contributed by atoms with van der Waals surface area (Å²) in [5.74, 6) is 0.341. The number of alkyl halides is 3. The molecule has 1 unspecified atom stereocenters. The molecule has 10 heteroatoms. The maximum Gasteiger partial charge on any atom is 0.416 e. The molecule has 0 aliphatic carbocycles. The number of rotatable bonds is 7. The van der Waals surface area contributed by atoms with Gasteiger partial charge in [-0.25, -0.2) is 13.1 Å². The summed E-state index contributed by atoms with van der Waals surface area (Å²) in [6.07, 6.45) is -3.10. The summed E-state index contributed by atoms with van der Waals surface area (Å²) < 4.78 is 66.0. The van der Waals surface area contributed by atoms with Gasteiger partial charge in [0.05, 0.1) is 16.5 Å². The van der Waals surface area contributed by atoms with Crippen molar-refractivity contribution in [1.29, 1.82) is 0 Å². The van der Waals surface area contributed by atoms with E-state index < -0.39 is 32.7 Å². The fourth-order valence-electron chi connectivity index (χ4n) is 3.38. The number of amides is 1. The van der Waals surface area contributed by atoms with Crippen LogP contribution in [-0.4, -0.2) is 51.4 Å². The highest BCUT2D eigenvalue weighted by Gasteiger charge is 2.33. The van der Waals surface area contributed by atoms with Gasteiger partial charge in [-0.1, -0.05) is 19.9 Å². The number of likely N-dealkylation sites (N-methyl/N-ethyl adjacent to an activating group) is 1. The van der Waals surface area contributed by atoms with Crippen molar-refractivity contribution in [1.82, 2.24) is 14.9 Å². The van der Waals surface area contributed by atoms with Crippen molar-refractivity contribution in [2.75, 3.05) is 20.1 Å². The molecule has 164 valence electrons. The molecule has 1 aliphatic heterocycles. The van der Waals surface area contributed by atoms with Gasteiger partial charge in [-0.3, -0.25) is 4.79 Å². The molecule has 1 fully saturated rings. The number of nitrogens with zero attached hydrogens (tertiary/aromatic N) is 1. The average Bonchev–Trinajstić information content (AvgIpc) is 2.65. The molecule has 0 radical (unpaired) electrons. The molecule has 2 rings (SSSR count). The Morgan fingerprint density at radius 3 is 2.38 bits per heavy atom. The van der Waals surface area contributed by atoms with Gasteiger partial charge in [-0.15, -0.1) is 0 Å². The summed E-state index contributed by atoms with van der Waals surface area (Å²) in [6.45, 7) is 4.86. The molecule has 0 spiro atoms. The van der Waals surface area contributed by atoms with Gasteiger partial charge in [0.15, 0.2) is 0 Å². The van der Waals surface area contributed by atoms with Gasteiger partial charge < -0.3 is 10.2 Å². The number of piperidine rings is 1. The van der Waals surface area contributed by atoms with Crippen LogP contribution in [-0.2, 0) is 21.0 Å². The van der Waals surface area contributed by atoms with E-state index in [4.69, 9.17) is 0 Å². The smallest absolute Gasteiger partial charge is 0.341 e. The monoisotopic (exact) mass is 435 g/mol. The lowest BCUT2D eigenvalue weighted by molar-refractivity contribution is -0.137.